The van der Waals surface area contributed by atoms with Gasteiger partial charge in [0.1, 0.15) is 39.2 Å². The van der Waals surface area contributed by atoms with Crippen LogP contribution in [0, 0.1) is 11.7 Å². The number of carbonyl (C=O) groups is 1. The van der Waals surface area contributed by atoms with Crippen molar-refractivity contribution in [2.75, 3.05) is 31.0 Å². The van der Waals surface area contributed by atoms with E-state index in [9.17, 15) is 17.6 Å². The van der Waals surface area contributed by atoms with Gasteiger partial charge in [-0.1, -0.05) is 0 Å². The molecule has 2 aromatic heterocycles. The number of nitrogens with zero attached hydrogens (tertiary/aromatic N) is 2. The van der Waals surface area contributed by atoms with Crippen molar-refractivity contribution in [2.24, 2.45) is 5.92 Å². The van der Waals surface area contributed by atoms with E-state index in [0.29, 0.717) is 55.1 Å². The van der Waals surface area contributed by atoms with Crippen LogP contribution in [0.1, 0.15) is 24.1 Å². The zero-order chi connectivity index (χ0) is 23.6. The van der Waals surface area contributed by atoms with E-state index in [1.165, 1.54) is 31.8 Å². The second-order valence-electron chi connectivity index (χ2n) is 8.21. The SMILES string of the molecule is COc1cc(F)ccc1Nc1ncnc2[nH]c3c(c12)C[C@@H](C(=O)NCCCS(C)(=O)=O)CC3. The number of halogens is 1. The summed E-state index contributed by atoms with van der Waals surface area (Å²) in [5, 5.41) is 6.85. The molecule has 33 heavy (non-hydrogen) atoms. The summed E-state index contributed by atoms with van der Waals surface area (Å²) >= 11 is 0. The summed E-state index contributed by atoms with van der Waals surface area (Å²) in [5.41, 5.74) is 3.20. The molecule has 1 aliphatic carbocycles. The highest BCUT2D eigenvalue weighted by Crippen LogP contribution is 2.36. The van der Waals surface area contributed by atoms with Gasteiger partial charge in [0, 0.05) is 30.5 Å². The summed E-state index contributed by atoms with van der Waals surface area (Å²) in [6.45, 7) is 0.323. The lowest BCUT2D eigenvalue weighted by Gasteiger charge is -2.22. The van der Waals surface area contributed by atoms with Crippen LogP contribution >= 0.6 is 0 Å². The molecule has 4 rings (SSSR count). The second-order valence-corrected chi connectivity index (χ2v) is 10.5. The minimum absolute atomic E-state index is 0.0454. The maximum atomic E-state index is 13.6. The maximum Gasteiger partial charge on any atom is 0.223 e. The number of amides is 1. The van der Waals surface area contributed by atoms with E-state index in [1.807, 2.05) is 0 Å². The van der Waals surface area contributed by atoms with Gasteiger partial charge in [-0.25, -0.2) is 22.8 Å². The van der Waals surface area contributed by atoms with E-state index in [-0.39, 0.29) is 17.6 Å². The number of anilines is 2. The van der Waals surface area contributed by atoms with Crippen LogP contribution in [0.15, 0.2) is 24.5 Å². The summed E-state index contributed by atoms with van der Waals surface area (Å²) in [6, 6.07) is 4.20. The highest BCUT2D eigenvalue weighted by Gasteiger charge is 2.29. The Morgan fingerprint density at radius 3 is 2.91 bits per heavy atom. The van der Waals surface area contributed by atoms with E-state index < -0.39 is 15.7 Å². The second kappa shape index (κ2) is 9.34. The standard InChI is InChI=1S/C22H26FN5O4S/c1-32-18-11-14(23)5-7-17(18)28-21-19-15-10-13(22(29)24-8-3-9-33(2,30)31)4-6-16(15)27-20(19)25-12-26-21/h5,7,11-13H,3-4,6,8-10H2,1-2H3,(H,24,29)(H2,25,26,27,28)/t13-/m0/s1. The molecule has 0 saturated carbocycles. The number of carbonyl (C=O) groups excluding carboxylic acids is 1. The van der Waals surface area contributed by atoms with E-state index in [1.54, 1.807) is 6.07 Å². The quantitative estimate of drug-likeness (QED) is 0.427. The molecule has 0 fully saturated rings. The Bertz CT molecular complexity index is 1290. The normalized spacial score (nSPS) is 15.8. The van der Waals surface area contributed by atoms with Gasteiger partial charge in [0.15, 0.2) is 0 Å². The first-order chi connectivity index (χ1) is 15.7. The molecular formula is C22H26FN5O4S. The maximum absolute atomic E-state index is 13.6. The number of methoxy groups -OCH3 is 1. The molecular weight excluding hydrogens is 449 g/mol. The number of H-pyrrole nitrogens is 1. The predicted octanol–water partition coefficient (Wildman–Crippen LogP) is 2.50. The summed E-state index contributed by atoms with van der Waals surface area (Å²) in [7, 11) is -1.58. The van der Waals surface area contributed by atoms with Crippen molar-refractivity contribution in [3.63, 3.8) is 0 Å². The van der Waals surface area contributed by atoms with Crippen LogP contribution in [0.5, 0.6) is 5.75 Å². The number of benzene rings is 1. The zero-order valence-electron chi connectivity index (χ0n) is 18.4. The third-order valence-electron chi connectivity index (χ3n) is 5.75. The molecule has 11 heteroatoms. The monoisotopic (exact) mass is 475 g/mol. The molecule has 1 atom stereocenters. The Balaban J connectivity index is 1.55. The average molecular weight is 476 g/mol. The number of nitrogens with one attached hydrogen (secondary N) is 3. The number of sulfone groups is 1. The molecule has 0 spiro atoms. The first-order valence-corrected chi connectivity index (χ1v) is 12.7. The molecule has 3 aromatic rings. The number of aryl methyl sites for hydroxylation is 1. The third kappa shape index (κ3) is 5.24. The van der Waals surface area contributed by atoms with Crippen LogP contribution in [-0.4, -0.2) is 54.9 Å². The van der Waals surface area contributed by atoms with Crippen molar-refractivity contribution in [2.45, 2.75) is 25.7 Å². The minimum atomic E-state index is -3.05. The first-order valence-electron chi connectivity index (χ1n) is 10.7. The molecule has 176 valence electrons. The molecule has 0 radical (unpaired) electrons. The molecule has 1 aliphatic rings. The Hall–Kier alpha value is -3.21. The van der Waals surface area contributed by atoms with Gasteiger partial charge < -0.3 is 20.4 Å². The molecule has 1 amide bonds. The number of rotatable bonds is 8. The smallest absolute Gasteiger partial charge is 0.223 e. The molecule has 0 unspecified atom stereocenters. The Kier molecular flexibility index (Phi) is 6.50. The number of ether oxygens (including phenoxy) is 1. The average Bonchev–Trinajstić information content (AvgIpc) is 3.15. The van der Waals surface area contributed by atoms with Gasteiger partial charge >= 0.3 is 0 Å². The Labute approximate surface area is 191 Å². The number of fused-ring (bicyclic) bond motifs is 3. The summed E-state index contributed by atoms with van der Waals surface area (Å²) in [6.07, 6.45) is 4.89. The fraction of sp³-hybridized carbons (Fsp3) is 0.409. The van der Waals surface area contributed by atoms with E-state index >= 15 is 0 Å². The van der Waals surface area contributed by atoms with Gasteiger partial charge in [0.05, 0.1) is 23.9 Å². The Morgan fingerprint density at radius 1 is 1.33 bits per heavy atom. The number of aromatic amines is 1. The Morgan fingerprint density at radius 2 is 2.15 bits per heavy atom. The predicted molar refractivity (Wildman–Crippen MR) is 123 cm³/mol. The topological polar surface area (TPSA) is 126 Å². The van der Waals surface area contributed by atoms with E-state index in [2.05, 4.69) is 25.6 Å². The number of hydrogen-bond acceptors (Lipinski definition) is 7. The van der Waals surface area contributed by atoms with Crippen molar-refractivity contribution >= 4 is 38.3 Å². The minimum Gasteiger partial charge on any atom is -0.494 e. The van der Waals surface area contributed by atoms with Crippen molar-refractivity contribution in [3.8, 4) is 5.75 Å². The van der Waals surface area contributed by atoms with Gasteiger partial charge in [-0.3, -0.25) is 4.79 Å². The van der Waals surface area contributed by atoms with E-state index in [4.69, 9.17) is 4.74 Å². The van der Waals surface area contributed by atoms with Gasteiger partial charge in [-0.05, 0) is 43.4 Å². The summed E-state index contributed by atoms with van der Waals surface area (Å²) in [4.78, 5) is 24.8. The summed E-state index contributed by atoms with van der Waals surface area (Å²) < 4.78 is 41.4. The fourth-order valence-corrected chi connectivity index (χ4v) is 4.81. The molecule has 2 heterocycles. The highest BCUT2D eigenvalue weighted by atomic mass is 32.2. The third-order valence-corrected chi connectivity index (χ3v) is 6.78. The summed E-state index contributed by atoms with van der Waals surface area (Å²) in [5.74, 6) is 0.200. The van der Waals surface area contributed by atoms with Crippen LogP contribution < -0.4 is 15.4 Å². The van der Waals surface area contributed by atoms with Crippen LogP contribution in [0.25, 0.3) is 11.0 Å². The van der Waals surface area contributed by atoms with Crippen molar-refractivity contribution in [1.82, 2.24) is 20.3 Å². The number of aromatic nitrogens is 3. The molecule has 3 N–H and O–H groups in total. The molecule has 0 bridgehead atoms. The van der Waals surface area contributed by atoms with Crippen molar-refractivity contribution in [3.05, 3.63) is 41.6 Å². The van der Waals surface area contributed by atoms with Crippen molar-refractivity contribution in [1.29, 1.82) is 0 Å². The van der Waals surface area contributed by atoms with Gasteiger partial charge in [0.2, 0.25) is 5.91 Å². The lowest BCUT2D eigenvalue weighted by molar-refractivity contribution is -0.125. The van der Waals surface area contributed by atoms with Crippen molar-refractivity contribution < 1.29 is 22.3 Å². The molecule has 9 nitrogen and oxygen atoms in total. The lowest BCUT2D eigenvalue weighted by Crippen LogP contribution is -2.35. The fourth-order valence-electron chi connectivity index (χ4n) is 4.15. The number of hydrogen-bond donors (Lipinski definition) is 3. The zero-order valence-corrected chi connectivity index (χ0v) is 19.3. The van der Waals surface area contributed by atoms with Crippen LogP contribution in [0.2, 0.25) is 0 Å². The van der Waals surface area contributed by atoms with Crippen LogP contribution in [0.3, 0.4) is 0 Å². The largest absolute Gasteiger partial charge is 0.494 e. The van der Waals surface area contributed by atoms with Gasteiger partial charge in [-0.2, -0.15) is 0 Å². The highest BCUT2D eigenvalue weighted by molar-refractivity contribution is 7.90. The molecule has 0 aliphatic heterocycles. The van der Waals surface area contributed by atoms with E-state index in [0.717, 1.165) is 16.6 Å². The molecule has 1 aromatic carbocycles. The van der Waals surface area contributed by atoms with Gasteiger partial charge in [0.25, 0.3) is 0 Å². The first kappa shape index (κ1) is 23.0. The van der Waals surface area contributed by atoms with Crippen LogP contribution in [0.4, 0.5) is 15.9 Å². The van der Waals surface area contributed by atoms with Crippen LogP contribution in [-0.2, 0) is 27.5 Å². The molecule has 0 saturated heterocycles. The van der Waals surface area contributed by atoms with Gasteiger partial charge in [-0.15, -0.1) is 0 Å². The lowest BCUT2D eigenvalue weighted by atomic mass is 9.86.